The summed E-state index contributed by atoms with van der Waals surface area (Å²) >= 11 is 0. The second-order valence-electron chi connectivity index (χ2n) is 4.29. The fraction of sp³-hybridized carbons (Fsp3) is 0.333. The van der Waals surface area contributed by atoms with Crippen LogP contribution >= 0.6 is 0 Å². The number of rotatable bonds is 6. The average molecular weight is 258 g/mol. The van der Waals surface area contributed by atoms with Gasteiger partial charge in [0.1, 0.15) is 5.69 Å². The molecule has 0 amide bonds. The second kappa shape index (κ2) is 6.18. The van der Waals surface area contributed by atoms with Gasteiger partial charge in [0.25, 0.3) is 0 Å². The number of nitrogens with zero attached hydrogens (tertiary/aromatic N) is 2. The lowest BCUT2D eigenvalue weighted by atomic mass is 10.1. The molecule has 0 N–H and O–H groups in total. The van der Waals surface area contributed by atoms with E-state index in [0.29, 0.717) is 24.4 Å². The number of aryl methyl sites for hydroxylation is 2. The molecule has 100 valence electrons. The Kier molecular flexibility index (Phi) is 4.34. The minimum Gasteiger partial charge on any atom is -0.493 e. The Morgan fingerprint density at radius 1 is 1.32 bits per heavy atom. The van der Waals surface area contributed by atoms with Crippen molar-refractivity contribution >= 4 is 5.78 Å². The van der Waals surface area contributed by atoms with Gasteiger partial charge in [-0.25, -0.2) is 0 Å². The van der Waals surface area contributed by atoms with Crippen LogP contribution in [0.25, 0.3) is 0 Å². The highest BCUT2D eigenvalue weighted by Crippen LogP contribution is 2.20. The maximum absolute atomic E-state index is 12.3. The summed E-state index contributed by atoms with van der Waals surface area (Å²) in [6, 6.07) is 10.00. The van der Waals surface area contributed by atoms with Crippen molar-refractivity contribution in [2.24, 2.45) is 0 Å². The van der Waals surface area contributed by atoms with Crippen molar-refractivity contribution in [2.45, 2.75) is 26.3 Å². The molecule has 0 bridgehead atoms. The van der Waals surface area contributed by atoms with Gasteiger partial charge in [0, 0.05) is 13.0 Å². The van der Waals surface area contributed by atoms with E-state index in [4.69, 9.17) is 4.74 Å². The van der Waals surface area contributed by atoms with Gasteiger partial charge >= 0.3 is 0 Å². The molecule has 1 aromatic carbocycles. The Bertz CT molecular complexity index is 525. The highest BCUT2D eigenvalue weighted by molar-refractivity contribution is 5.97. The standard InChI is InChI=1S/C15H18N2O2/c1-3-17-15(14(19-2)11-16-17)13(18)10-9-12-7-5-4-6-8-12/h4-8,11H,3,9-10H2,1-2H3. The number of carbonyl (C=O) groups is 1. The van der Waals surface area contributed by atoms with E-state index in [1.807, 2.05) is 37.3 Å². The number of hydrogen-bond acceptors (Lipinski definition) is 3. The summed E-state index contributed by atoms with van der Waals surface area (Å²) in [4.78, 5) is 12.3. The summed E-state index contributed by atoms with van der Waals surface area (Å²) in [6.45, 7) is 2.62. The predicted molar refractivity (Wildman–Crippen MR) is 73.5 cm³/mol. The molecular weight excluding hydrogens is 240 g/mol. The zero-order valence-corrected chi connectivity index (χ0v) is 11.3. The van der Waals surface area contributed by atoms with E-state index in [9.17, 15) is 4.79 Å². The first kappa shape index (κ1) is 13.3. The average Bonchev–Trinajstić information content (AvgIpc) is 2.89. The molecule has 0 aliphatic rings. The van der Waals surface area contributed by atoms with Crippen LogP contribution in [0.2, 0.25) is 0 Å². The van der Waals surface area contributed by atoms with Crippen LogP contribution in [0.15, 0.2) is 36.5 Å². The van der Waals surface area contributed by atoms with Crippen molar-refractivity contribution in [2.75, 3.05) is 7.11 Å². The molecule has 0 saturated carbocycles. The highest BCUT2D eigenvalue weighted by atomic mass is 16.5. The van der Waals surface area contributed by atoms with Gasteiger partial charge in [0.15, 0.2) is 11.5 Å². The van der Waals surface area contributed by atoms with Gasteiger partial charge in [-0.3, -0.25) is 9.48 Å². The lowest BCUT2D eigenvalue weighted by Crippen LogP contribution is -2.11. The Labute approximate surface area is 113 Å². The molecule has 19 heavy (non-hydrogen) atoms. The van der Waals surface area contributed by atoms with Crippen molar-refractivity contribution in [3.8, 4) is 5.75 Å². The number of aromatic nitrogens is 2. The van der Waals surface area contributed by atoms with Gasteiger partial charge in [-0.1, -0.05) is 30.3 Å². The SMILES string of the molecule is CCn1ncc(OC)c1C(=O)CCc1ccccc1. The summed E-state index contributed by atoms with van der Waals surface area (Å²) in [5.41, 5.74) is 1.73. The highest BCUT2D eigenvalue weighted by Gasteiger charge is 2.18. The van der Waals surface area contributed by atoms with Crippen molar-refractivity contribution in [3.63, 3.8) is 0 Å². The Hall–Kier alpha value is -2.10. The maximum Gasteiger partial charge on any atom is 0.185 e. The van der Waals surface area contributed by atoms with Crippen LogP contribution in [0.3, 0.4) is 0 Å². The van der Waals surface area contributed by atoms with Gasteiger partial charge in [-0.05, 0) is 18.9 Å². The molecule has 0 spiro atoms. The number of methoxy groups -OCH3 is 1. The lowest BCUT2D eigenvalue weighted by molar-refractivity contribution is 0.0969. The van der Waals surface area contributed by atoms with Gasteiger partial charge in [-0.15, -0.1) is 0 Å². The number of ketones is 1. The van der Waals surface area contributed by atoms with Crippen LogP contribution < -0.4 is 4.74 Å². The molecule has 2 rings (SSSR count). The van der Waals surface area contributed by atoms with Crippen LogP contribution in [0.5, 0.6) is 5.75 Å². The van der Waals surface area contributed by atoms with Gasteiger partial charge < -0.3 is 4.74 Å². The Morgan fingerprint density at radius 2 is 2.05 bits per heavy atom. The molecule has 4 heteroatoms. The minimum atomic E-state index is 0.0695. The molecular formula is C15H18N2O2. The molecule has 0 fully saturated rings. The summed E-state index contributed by atoms with van der Waals surface area (Å²) < 4.78 is 6.88. The third-order valence-electron chi connectivity index (χ3n) is 3.07. The maximum atomic E-state index is 12.3. The smallest absolute Gasteiger partial charge is 0.185 e. The topological polar surface area (TPSA) is 44.1 Å². The van der Waals surface area contributed by atoms with E-state index in [1.54, 1.807) is 18.0 Å². The molecule has 0 saturated heterocycles. The van der Waals surface area contributed by atoms with E-state index in [0.717, 1.165) is 12.0 Å². The van der Waals surface area contributed by atoms with E-state index in [1.165, 1.54) is 0 Å². The van der Waals surface area contributed by atoms with Crippen LogP contribution in [0, 0.1) is 0 Å². The summed E-state index contributed by atoms with van der Waals surface area (Å²) in [5.74, 6) is 0.625. The molecule has 1 aromatic heterocycles. The fourth-order valence-corrected chi connectivity index (χ4v) is 2.06. The third kappa shape index (κ3) is 3.02. The van der Waals surface area contributed by atoms with Crippen molar-refractivity contribution < 1.29 is 9.53 Å². The normalized spacial score (nSPS) is 10.4. The molecule has 1 heterocycles. The van der Waals surface area contributed by atoms with E-state index >= 15 is 0 Å². The molecule has 0 atom stereocenters. The predicted octanol–water partition coefficient (Wildman–Crippen LogP) is 2.73. The van der Waals surface area contributed by atoms with Crippen LogP contribution in [0.4, 0.5) is 0 Å². The minimum absolute atomic E-state index is 0.0695. The van der Waals surface area contributed by atoms with Crippen molar-refractivity contribution in [1.82, 2.24) is 9.78 Å². The summed E-state index contributed by atoms with van der Waals surface area (Å²) in [6.07, 6.45) is 2.79. The fourth-order valence-electron chi connectivity index (χ4n) is 2.06. The third-order valence-corrected chi connectivity index (χ3v) is 3.07. The molecule has 0 unspecified atom stereocenters. The zero-order valence-electron chi connectivity index (χ0n) is 11.3. The van der Waals surface area contributed by atoms with Crippen LogP contribution in [-0.4, -0.2) is 22.7 Å². The summed E-state index contributed by atoms with van der Waals surface area (Å²) in [5, 5.41) is 4.15. The monoisotopic (exact) mass is 258 g/mol. The quantitative estimate of drug-likeness (QED) is 0.748. The largest absolute Gasteiger partial charge is 0.493 e. The van der Waals surface area contributed by atoms with Gasteiger partial charge in [0.05, 0.1) is 13.3 Å². The first-order valence-electron chi connectivity index (χ1n) is 6.43. The Balaban J connectivity index is 2.09. The first-order chi connectivity index (χ1) is 9.26. The van der Waals surface area contributed by atoms with E-state index < -0.39 is 0 Å². The molecule has 0 radical (unpaired) electrons. The molecule has 4 nitrogen and oxygen atoms in total. The zero-order chi connectivity index (χ0) is 13.7. The van der Waals surface area contributed by atoms with Crippen LogP contribution in [0.1, 0.15) is 29.4 Å². The number of hydrogen-bond donors (Lipinski definition) is 0. The van der Waals surface area contributed by atoms with Crippen molar-refractivity contribution in [3.05, 3.63) is 47.8 Å². The van der Waals surface area contributed by atoms with Gasteiger partial charge in [-0.2, -0.15) is 5.10 Å². The Morgan fingerprint density at radius 3 is 2.68 bits per heavy atom. The van der Waals surface area contributed by atoms with E-state index in [-0.39, 0.29) is 5.78 Å². The number of benzene rings is 1. The summed E-state index contributed by atoms with van der Waals surface area (Å²) in [7, 11) is 1.56. The lowest BCUT2D eigenvalue weighted by Gasteiger charge is -2.06. The molecule has 2 aromatic rings. The first-order valence-corrected chi connectivity index (χ1v) is 6.43. The van der Waals surface area contributed by atoms with Gasteiger partial charge in [0.2, 0.25) is 0 Å². The molecule has 0 aliphatic carbocycles. The van der Waals surface area contributed by atoms with E-state index in [2.05, 4.69) is 5.10 Å². The molecule has 0 aliphatic heterocycles. The number of Topliss-reactive ketones (excluding diaryl/α,β-unsaturated/α-hetero) is 1. The number of ether oxygens (including phenoxy) is 1. The van der Waals surface area contributed by atoms with Crippen LogP contribution in [-0.2, 0) is 13.0 Å². The number of carbonyl (C=O) groups excluding carboxylic acids is 1. The van der Waals surface area contributed by atoms with Crippen molar-refractivity contribution in [1.29, 1.82) is 0 Å². The second-order valence-corrected chi connectivity index (χ2v) is 4.29.